The van der Waals surface area contributed by atoms with Gasteiger partial charge in [0.25, 0.3) is 0 Å². The third-order valence-corrected chi connectivity index (χ3v) is 3.34. The fourth-order valence-corrected chi connectivity index (χ4v) is 2.18. The highest BCUT2D eigenvalue weighted by atomic mass is 16.5. The minimum absolute atomic E-state index is 0.195. The van der Waals surface area contributed by atoms with Gasteiger partial charge in [0, 0.05) is 24.5 Å². The van der Waals surface area contributed by atoms with Crippen molar-refractivity contribution in [2.24, 2.45) is 5.73 Å². The molecule has 2 N–H and O–H groups in total. The number of methoxy groups -OCH3 is 1. The van der Waals surface area contributed by atoms with Gasteiger partial charge in [-0.15, -0.1) is 0 Å². The van der Waals surface area contributed by atoms with Crippen molar-refractivity contribution in [3.63, 3.8) is 0 Å². The van der Waals surface area contributed by atoms with E-state index >= 15 is 0 Å². The molecule has 2 aromatic carbocycles. The van der Waals surface area contributed by atoms with Crippen LogP contribution in [0.2, 0.25) is 0 Å². The molecule has 0 fully saturated rings. The second-order valence-corrected chi connectivity index (χ2v) is 5.10. The van der Waals surface area contributed by atoms with E-state index in [0.717, 1.165) is 23.5 Å². The smallest absolute Gasteiger partial charge is 0.119 e. The van der Waals surface area contributed by atoms with Gasteiger partial charge in [-0.05, 0) is 55.3 Å². The van der Waals surface area contributed by atoms with Crippen molar-refractivity contribution in [2.45, 2.75) is 19.4 Å². The van der Waals surface area contributed by atoms with Crippen LogP contribution in [-0.4, -0.2) is 20.2 Å². The highest BCUT2D eigenvalue weighted by Gasteiger charge is 2.05. The summed E-state index contributed by atoms with van der Waals surface area (Å²) >= 11 is 0. The number of ether oxygens (including phenoxy) is 1. The standard InChI is InChI=1S/C17H22N2O/c1-13(18)12-14-4-6-15(7-5-14)19(2)16-8-10-17(20-3)11-9-16/h4-11,13H,12,18H2,1-3H3. The van der Waals surface area contributed by atoms with Crippen LogP contribution in [-0.2, 0) is 6.42 Å². The lowest BCUT2D eigenvalue weighted by molar-refractivity contribution is 0.415. The lowest BCUT2D eigenvalue weighted by atomic mass is 10.1. The predicted octanol–water partition coefficient (Wildman–Crippen LogP) is 3.35. The van der Waals surface area contributed by atoms with Crippen LogP contribution in [0.15, 0.2) is 48.5 Å². The van der Waals surface area contributed by atoms with Gasteiger partial charge in [0.15, 0.2) is 0 Å². The summed E-state index contributed by atoms with van der Waals surface area (Å²) in [4.78, 5) is 2.15. The van der Waals surface area contributed by atoms with Crippen molar-refractivity contribution in [1.29, 1.82) is 0 Å². The zero-order valence-corrected chi connectivity index (χ0v) is 12.3. The molecular formula is C17H22N2O. The molecule has 0 aliphatic rings. The first-order valence-electron chi connectivity index (χ1n) is 6.82. The average Bonchev–Trinajstić information content (AvgIpc) is 2.47. The molecule has 0 aromatic heterocycles. The minimum atomic E-state index is 0.195. The van der Waals surface area contributed by atoms with Crippen molar-refractivity contribution in [3.8, 4) is 5.75 Å². The molecular weight excluding hydrogens is 248 g/mol. The highest BCUT2D eigenvalue weighted by molar-refractivity contribution is 5.63. The van der Waals surface area contributed by atoms with Gasteiger partial charge < -0.3 is 15.4 Å². The Labute approximate surface area is 121 Å². The van der Waals surface area contributed by atoms with Gasteiger partial charge in [-0.2, -0.15) is 0 Å². The summed E-state index contributed by atoms with van der Waals surface area (Å²) in [5, 5.41) is 0. The normalized spacial score (nSPS) is 12.0. The Morgan fingerprint density at radius 2 is 1.50 bits per heavy atom. The van der Waals surface area contributed by atoms with Crippen LogP contribution < -0.4 is 15.4 Å². The van der Waals surface area contributed by atoms with Crippen LogP contribution in [0.1, 0.15) is 12.5 Å². The molecule has 1 unspecified atom stereocenters. The van der Waals surface area contributed by atoms with Gasteiger partial charge in [0.1, 0.15) is 5.75 Å². The lowest BCUT2D eigenvalue weighted by Gasteiger charge is -2.20. The van der Waals surface area contributed by atoms with Crippen molar-refractivity contribution in [3.05, 3.63) is 54.1 Å². The third-order valence-electron chi connectivity index (χ3n) is 3.34. The Hall–Kier alpha value is -2.00. The van der Waals surface area contributed by atoms with Gasteiger partial charge >= 0.3 is 0 Å². The van der Waals surface area contributed by atoms with Crippen molar-refractivity contribution < 1.29 is 4.74 Å². The van der Waals surface area contributed by atoms with Crippen molar-refractivity contribution in [2.75, 3.05) is 19.1 Å². The summed E-state index contributed by atoms with van der Waals surface area (Å²) in [5.74, 6) is 0.870. The fraction of sp³-hybridized carbons (Fsp3) is 0.294. The quantitative estimate of drug-likeness (QED) is 0.905. The van der Waals surface area contributed by atoms with E-state index in [4.69, 9.17) is 10.5 Å². The van der Waals surface area contributed by atoms with Crippen LogP contribution in [0.25, 0.3) is 0 Å². The summed E-state index contributed by atoms with van der Waals surface area (Å²) in [6.45, 7) is 2.03. The first kappa shape index (κ1) is 14.4. The first-order valence-corrected chi connectivity index (χ1v) is 6.82. The molecule has 0 spiro atoms. The molecule has 0 saturated carbocycles. The average molecular weight is 270 g/mol. The number of benzene rings is 2. The monoisotopic (exact) mass is 270 g/mol. The van der Waals surface area contributed by atoms with Crippen molar-refractivity contribution in [1.82, 2.24) is 0 Å². The van der Waals surface area contributed by atoms with Gasteiger partial charge in [0.2, 0.25) is 0 Å². The van der Waals surface area contributed by atoms with Gasteiger partial charge in [-0.25, -0.2) is 0 Å². The van der Waals surface area contributed by atoms with Crippen LogP contribution in [0.3, 0.4) is 0 Å². The number of nitrogens with zero attached hydrogens (tertiary/aromatic N) is 1. The van der Waals surface area contributed by atoms with Gasteiger partial charge in [-0.1, -0.05) is 12.1 Å². The second-order valence-electron chi connectivity index (χ2n) is 5.10. The summed E-state index contributed by atoms with van der Waals surface area (Å²) < 4.78 is 5.18. The molecule has 0 aliphatic carbocycles. The second kappa shape index (κ2) is 6.44. The molecule has 1 atom stereocenters. The number of hydrogen-bond donors (Lipinski definition) is 1. The number of hydrogen-bond acceptors (Lipinski definition) is 3. The molecule has 106 valence electrons. The first-order chi connectivity index (χ1) is 9.60. The lowest BCUT2D eigenvalue weighted by Crippen LogP contribution is -2.17. The van der Waals surface area contributed by atoms with Crippen LogP contribution in [0.5, 0.6) is 5.75 Å². The highest BCUT2D eigenvalue weighted by Crippen LogP contribution is 2.25. The van der Waals surface area contributed by atoms with E-state index in [0.29, 0.717) is 0 Å². The zero-order chi connectivity index (χ0) is 14.5. The van der Waals surface area contributed by atoms with E-state index in [1.807, 2.05) is 19.1 Å². The van der Waals surface area contributed by atoms with Crippen LogP contribution in [0.4, 0.5) is 11.4 Å². The molecule has 0 radical (unpaired) electrons. The Bertz CT molecular complexity index is 532. The van der Waals surface area contributed by atoms with E-state index in [2.05, 4.69) is 48.3 Å². The Morgan fingerprint density at radius 1 is 1.00 bits per heavy atom. The Kier molecular flexibility index (Phi) is 4.64. The minimum Gasteiger partial charge on any atom is -0.497 e. The molecule has 2 rings (SSSR count). The molecule has 3 nitrogen and oxygen atoms in total. The predicted molar refractivity (Wildman–Crippen MR) is 84.9 cm³/mol. The molecule has 20 heavy (non-hydrogen) atoms. The molecule has 0 saturated heterocycles. The number of nitrogens with two attached hydrogens (primary N) is 1. The van der Waals surface area contributed by atoms with E-state index in [-0.39, 0.29) is 6.04 Å². The summed E-state index contributed by atoms with van der Waals surface area (Å²) in [6, 6.07) is 16.8. The maximum absolute atomic E-state index is 5.82. The van der Waals surface area contributed by atoms with Gasteiger partial charge in [0.05, 0.1) is 7.11 Å². The number of rotatable bonds is 5. The van der Waals surface area contributed by atoms with Crippen LogP contribution in [0, 0.1) is 0 Å². The fourth-order valence-electron chi connectivity index (χ4n) is 2.18. The molecule has 0 heterocycles. The Morgan fingerprint density at radius 3 is 1.95 bits per heavy atom. The largest absolute Gasteiger partial charge is 0.497 e. The molecule has 3 heteroatoms. The SMILES string of the molecule is COc1ccc(N(C)c2ccc(CC(C)N)cc2)cc1. The summed E-state index contributed by atoms with van der Waals surface area (Å²) in [7, 11) is 3.73. The Balaban J connectivity index is 2.13. The van der Waals surface area contributed by atoms with E-state index in [1.165, 1.54) is 5.56 Å². The van der Waals surface area contributed by atoms with Crippen molar-refractivity contribution >= 4 is 11.4 Å². The molecule has 0 aliphatic heterocycles. The molecule has 0 amide bonds. The third kappa shape index (κ3) is 3.52. The van der Waals surface area contributed by atoms with Gasteiger partial charge in [-0.3, -0.25) is 0 Å². The molecule has 0 bridgehead atoms. The maximum atomic E-state index is 5.82. The zero-order valence-electron chi connectivity index (χ0n) is 12.3. The summed E-state index contributed by atoms with van der Waals surface area (Å²) in [6.07, 6.45) is 0.909. The van der Waals surface area contributed by atoms with E-state index in [1.54, 1.807) is 7.11 Å². The topological polar surface area (TPSA) is 38.5 Å². The number of anilines is 2. The summed E-state index contributed by atoms with van der Waals surface area (Å²) in [5.41, 5.74) is 9.38. The van der Waals surface area contributed by atoms with E-state index in [9.17, 15) is 0 Å². The molecule has 2 aromatic rings. The van der Waals surface area contributed by atoms with Crippen LogP contribution >= 0.6 is 0 Å². The maximum Gasteiger partial charge on any atom is 0.119 e. The van der Waals surface area contributed by atoms with E-state index < -0.39 is 0 Å².